The molecule has 1 aromatic carbocycles. The Labute approximate surface area is 191 Å². The lowest BCUT2D eigenvalue weighted by Gasteiger charge is -2.22. The van der Waals surface area contributed by atoms with Crippen LogP contribution in [0.5, 0.6) is 0 Å². The van der Waals surface area contributed by atoms with E-state index >= 15 is 0 Å². The molecule has 5 rings (SSSR count). The molecule has 2 aromatic heterocycles. The molecule has 0 atom stereocenters. The second-order valence-corrected chi connectivity index (χ2v) is 8.74. The first-order valence-corrected chi connectivity index (χ1v) is 10.9. The van der Waals surface area contributed by atoms with E-state index in [1.165, 1.54) is 6.21 Å². The molecule has 33 heavy (non-hydrogen) atoms. The minimum atomic E-state index is -0.552. The monoisotopic (exact) mass is 446 g/mol. The van der Waals surface area contributed by atoms with Crippen molar-refractivity contribution >= 4 is 40.7 Å². The van der Waals surface area contributed by atoms with Crippen molar-refractivity contribution in [2.24, 2.45) is 0 Å². The van der Waals surface area contributed by atoms with E-state index in [1.807, 2.05) is 38.2 Å². The fourth-order valence-electron chi connectivity index (χ4n) is 4.12. The molecule has 2 aliphatic heterocycles. The van der Waals surface area contributed by atoms with Gasteiger partial charge in [0.25, 0.3) is 0 Å². The van der Waals surface area contributed by atoms with Gasteiger partial charge < -0.3 is 26.1 Å². The van der Waals surface area contributed by atoms with Crippen molar-refractivity contribution in [3.05, 3.63) is 48.1 Å². The molecule has 170 valence electrons. The number of carbonyl (C=O) groups excluding carboxylic acids is 1. The highest BCUT2D eigenvalue weighted by molar-refractivity contribution is 6.09. The Morgan fingerprint density at radius 3 is 2.94 bits per heavy atom. The predicted molar refractivity (Wildman–Crippen MR) is 126 cm³/mol. The van der Waals surface area contributed by atoms with Crippen LogP contribution in [0.1, 0.15) is 37.9 Å². The van der Waals surface area contributed by atoms with Gasteiger partial charge in [0.1, 0.15) is 5.69 Å². The summed E-state index contributed by atoms with van der Waals surface area (Å²) in [4.78, 5) is 21.3. The van der Waals surface area contributed by atoms with E-state index in [2.05, 4.69) is 31.0 Å². The van der Waals surface area contributed by atoms with Crippen molar-refractivity contribution in [3.8, 4) is 0 Å². The van der Waals surface area contributed by atoms with E-state index in [4.69, 9.17) is 10.1 Å². The van der Waals surface area contributed by atoms with Crippen LogP contribution in [0.4, 0.5) is 17.3 Å². The Kier molecular flexibility index (Phi) is 5.29. The zero-order valence-corrected chi connectivity index (χ0v) is 18.6. The van der Waals surface area contributed by atoms with Gasteiger partial charge in [-0.3, -0.25) is 9.78 Å². The molecule has 4 heterocycles. The Balaban J connectivity index is 1.40. The number of ether oxygens (including phenoxy) is 1. The second kappa shape index (κ2) is 8.28. The van der Waals surface area contributed by atoms with Crippen LogP contribution < -0.4 is 16.0 Å². The van der Waals surface area contributed by atoms with E-state index in [-0.39, 0.29) is 5.91 Å². The molecule has 10 nitrogen and oxygen atoms in total. The summed E-state index contributed by atoms with van der Waals surface area (Å²) in [5.74, 6) is 0.381. The Bertz CT molecular complexity index is 1260. The summed E-state index contributed by atoms with van der Waals surface area (Å²) in [7, 11) is 0. The van der Waals surface area contributed by atoms with Crippen molar-refractivity contribution in [1.82, 2.24) is 24.9 Å². The lowest BCUT2D eigenvalue weighted by Crippen LogP contribution is -2.31. The summed E-state index contributed by atoms with van der Waals surface area (Å²) in [5, 5.41) is 21.9. The molecular formula is C23H26N8O2. The molecule has 10 heteroatoms. The molecule has 2 aliphatic rings. The van der Waals surface area contributed by atoms with E-state index in [1.54, 1.807) is 16.9 Å². The normalized spacial score (nSPS) is 18.1. The number of hydrogen-bond acceptors (Lipinski definition) is 8. The highest BCUT2D eigenvalue weighted by atomic mass is 16.5. The van der Waals surface area contributed by atoms with Gasteiger partial charge in [0.05, 0.1) is 5.41 Å². The number of aromatic nitrogens is 4. The zero-order valence-electron chi connectivity index (χ0n) is 18.6. The first-order chi connectivity index (χ1) is 16.0. The number of carbonyl (C=O) groups is 1. The van der Waals surface area contributed by atoms with Gasteiger partial charge in [-0.2, -0.15) is 4.98 Å². The second-order valence-electron chi connectivity index (χ2n) is 8.74. The molecule has 4 N–H and O–H groups in total. The largest absolute Gasteiger partial charge is 0.387 e. The molecule has 1 fully saturated rings. The van der Waals surface area contributed by atoms with Crippen molar-refractivity contribution in [1.29, 1.82) is 5.41 Å². The fraction of sp³-hybridized carbons (Fsp3) is 0.348. The molecule has 1 amide bonds. The molecule has 0 saturated carbocycles. The number of rotatable bonds is 6. The molecule has 0 bridgehead atoms. The van der Waals surface area contributed by atoms with Gasteiger partial charge in [-0.15, -0.1) is 5.10 Å². The average Bonchev–Trinajstić information content (AvgIpc) is 3.32. The first kappa shape index (κ1) is 21.1. The van der Waals surface area contributed by atoms with Gasteiger partial charge in [0.15, 0.2) is 5.65 Å². The SMILES string of the molecule is CC1(C)C(=O)Nc2cc(Nc3nc4c(/C(C=N)=C/NC5CCOCC5)nccn4n3)ccc21. The molecule has 3 aromatic rings. The van der Waals surface area contributed by atoms with Gasteiger partial charge in [-0.1, -0.05) is 6.07 Å². The minimum absolute atomic E-state index is 0.0171. The summed E-state index contributed by atoms with van der Waals surface area (Å²) in [6.07, 6.45) is 8.29. The fourth-order valence-corrected chi connectivity index (χ4v) is 4.12. The Morgan fingerprint density at radius 2 is 2.15 bits per heavy atom. The number of nitrogens with zero attached hydrogens (tertiary/aromatic N) is 4. The van der Waals surface area contributed by atoms with Crippen molar-refractivity contribution in [2.75, 3.05) is 23.8 Å². The van der Waals surface area contributed by atoms with Gasteiger partial charge >= 0.3 is 0 Å². The van der Waals surface area contributed by atoms with Crippen LogP contribution in [0.2, 0.25) is 0 Å². The number of fused-ring (bicyclic) bond motifs is 2. The molecule has 0 unspecified atom stereocenters. The van der Waals surface area contributed by atoms with Gasteiger partial charge in [-0.05, 0) is 44.4 Å². The Hall–Kier alpha value is -3.79. The summed E-state index contributed by atoms with van der Waals surface area (Å²) in [6, 6.07) is 6.05. The average molecular weight is 447 g/mol. The van der Waals surface area contributed by atoms with Gasteiger partial charge in [0, 0.05) is 61.0 Å². The zero-order chi connectivity index (χ0) is 23.0. The summed E-state index contributed by atoms with van der Waals surface area (Å²) < 4.78 is 7.03. The number of allylic oxidation sites excluding steroid dienone is 1. The maximum absolute atomic E-state index is 12.2. The predicted octanol–water partition coefficient (Wildman–Crippen LogP) is 2.86. The molecule has 1 saturated heterocycles. The molecule has 0 aliphatic carbocycles. The third kappa shape index (κ3) is 3.93. The topological polar surface area (TPSA) is 129 Å². The number of hydrogen-bond donors (Lipinski definition) is 4. The number of nitrogens with one attached hydrogen (secondary N) is 4. The van der Waals surface area contributed by atoms with Crippen LogP contribution in [-0.4, -0.2) is 51.0 Å². The van der Waals surface area contributed by atoms with E-state index in [0.717, 1.165) is 43.0 Å². The lowest BCUT2D eigenvalue weighted by atomic mass is 9.86. The molecular weight excluding hydrogens is 420 g/mol. The molecule has 0 radical (unpaired) electrons. The lowest BCUT2D eigenvalue weighted by molar-refractivity contribution is -0.119. The Morgan fingerprint density at radius 1 is 1.33 bits per heavy atom. The van der Waals surface area contributed by atoms with Crippen LogP contribution in [0.25, 0.3) is 11.2 Å². The highest BCUT2D eigenvalue weighted by Gasteiger charge is 2.38. The highest BCUT2D eigenvalue weighted by Crippen LogP contribution is 2.38. The summed E-state index contributed by atoms with van der Waals surface area (Å²) in [6.45, 7) is 5.29. The van der Waals surface area contributed by atoms with Gasteiger partial charge in [-0.25, -0.2) is 4.52 Å². The standard InChI is InChI=1S/C23H26N8O2/c1-23(2)17-4-3-16(11-18(17)28-21(23)32)27-22-29-20-19(25-7-8-31(20)30-22)14(12-24)13-26-15-5-9-33-10-6-15/h3-4,7-8,11-13,15,24,26H,5-6,9-10H2,1-2H3,(H,27,30)(H,28,32)/b14-13+,24-12?. The van der Waals surface area contributed by atoms with Crippen LogP contribution in [0.3, 0.4) is 0 Å². The number of amides is 1. The van der Waals surface area contributed by atoms with Crippen LogP contribution in [0, 0.1) is 5.41 Å². The van der Waals surface area contributed by atoms with Crippen molar-refractivity contribution < 1.29 is 9.53 Å². The third-order valence-electron chi connectivity index (χ3n) is 6.14. The quantitative estimate of drug-likeness (QED) is 0.429. The smallest absolute Gasteiger partial charge is 0.247 e. The van der Waals surface area contributed by atoms with E-state index in [0.29, 0.717) is 28.9 Å². The maximum atomic E-state index is 12.2. The number of benzene rings is 1. The van der Waals surface area contributed by atoms with Crippen LogP contribution in [0.15, 0.2) is 36.8 Å². The molecule has 0 spiro atoms. The van der Waals surface area contributed by atoms with Crippen LogP contribution in [-0.2, 0) is 14.9 Å². The van der Waals surface area contributed by atoms with Crippen molar-refractivity contribution in [3.63, 3.8) is 0 Å². The van der Waals surface area contributed by atoms with Crippen molar-refractivity contribution in [2.45, 2.75) is 38.1 Å². The van der Waals surface area contributed by atoms with E-state index < -0.39 is 5.41 Å². The van der Waals surface area contributed by atoms with E-state index in [9.17, 15) is 4.79 Å². The maximum Gasteiger partial charge on any atom is 0.247 e. The minimum Gasteiger partial charge on any atom is -0.387 e. The first-order valence-electron chi connectivity index (χ1n) is 10.9. The third-order valence-corrected chi connectivity index (χ3v) is 6.14. The van der Waals surface area contributed by atoms with Gasteiger partial charge in [0.2, 0.25) is 11.9 Å². The summed E-state index contributed by atoms with van der Waals surface area (Å²) in [5.41, 5.74) is 3.69. The number of anilines is 3. The summed E-state index contributed by atoms with van der Waals surface area (Å²) >= 11 is 0. The van der Waals surface area contributed by atoms with Crippen LogP contribution >= 0.6 is 0 Å².